The Balaban J connectivity index is 2.08. The van der Waals surface area contributed by atoms with E-state index in [1.165, 1.54) is 0 Å². The monoisotopic (exact) mass is 266 g/mol. The van der Waals surface area contributed by atoms with E-state index in [0.29, 0.717) is 0 Å². The molecule has 108 valence electrons. The second-order valence-electron chi connectivity index (χ2n) is 5.15. The van der Waals surface area contributed by atoms with Crippen LogP contribution in [-0.2, 0) is 11.8 Å². The van der Waals surface area contributed by atoms with E-state index in [0.717, 1.165) is 44.9 Å². The highest BCUT2D eigenvalue weighted by atomic mass is 16.5. The summed E-state index contributed by atoms with van der Waals surface area (Å²) in [7, 11) is 1.96. The molecule has 1 fully saturated rings. The summed E-state index contributed by atoms with van der Waals surface area (Å²) >= 11 is 0. The van der Waals surface area contributed by atoms with Gasteiger partial charge in [0.05, 0.1) is 24.4 Å². The fraction of sp³-hybridized carbons (Fsp3) is 0.786. The minimum atomic E-state index is 0.190. The van der Waals surface area contributed by atoms with Crippen LogP contribution in [0.3, 0.4) is 0 Å². The normalized spacial score (nSPS) is 22.6. The van der Waals surface area contributed by atoms with Crippen LogP contribution in [0.4, 0.5) is 0 Å². The molecule has 2 unspecified atom stereocenters. The predicted molar refractivity (Wildman–Crippen MR) is 76.1 cm³/mol. The predicted octanol–water partition coefficient (Wildman–Crippen LogP) is 1.18. The summed E-state index contributed by atoms with van der Waals surface area (Å²) in [6.45, 7) is 9.30. The number of ether oxygens (including phenoxy) is 1. The Labute approximate surface area is 115 Å². The number of likely N-dealkylation sites (N-methyl/N-ethyl adjacent to an activating group) is 1. The maximum Gasteiger partial charge on any atom is 0.0913 e. The van der Waals surface area contributed by atoms with E-state index in [2.05, 4.69) is 35.2 Å². The van der Waals surface area contributed by atoms with Gasteiger partial charge in [-0.05, 0) is 25.6 Å². The quantitative estimate of drug-likeness (QED) is 0.839. The van der Waals surface area contributed by atoms with Crippen LogP contribution in [0.5, 0.6) is 0 Å². The number of hydrogen-bond donors (Lipinski definition) is 1. The molecule has 1 aliphatic heterocycles. The molecule has 1 aliphatic rings. The Hall–Kier alpha value is -0.910. The lowest BCUT2D eigenvalue weighted by molar-refractivity contribution is -0.0463. The first kappa shape index (κ1) is 14.5. The molecule has 2 rings (SSSR count). The highest BCUT2D eigenvalue weighted by molar-refractivity contribution is 5.08. The number of aromatic nitrogens is 2. The average Bonchev–Trinajstić information content (AvgIpc) is 2.86. The van der Waals surface area contributed by atoms with Crippen LogP contribution in [0.2, 0.25) is 0 Å². The molecule has 1 aromatic heterocycles. The van der Waals surface area contributed by atoms with Gasteiger partial charge in [0.1, 0.15) is 0 Å². The summed E-state index contributed by atoms with van der Waals surface area (Å²) in [6, 6.07) is 2.28. The second-order valence-corrected chi connectivity index (χ2v) is 5.15. The first-order chi connectivity index (χ1) is 9.24. The van der Waals surface area contributed by atoms with Crippen LogP contribution in [0.15, 0.2) is 12.3 Å². The molecule has 1 N–H and O–H groups in total. The number of aryl methyl sites for hydroxylation is 1. The van der Waals surface area contributed by atoms with Crippen LogP contribution in [0.25, 0.3) is 0 Å². The van der Waals surface area contributed by atoms with Crippen molar-refractivity contribution in [1.29, 1.82) is 0 Å². The lowest BCUT2D eigenvalue weighted by atomic mass is 10.1. The molecule has 0 aliphatic carbocycles. The third-order valence-electron chi connectivity index (χ3n) is 3.66. The van der Waals surface area contributed by atoms with E-state index in [4.69, 9.17) is 4.74 Å². The van der Waals surface area contributed by atoms with Crippen molar-refractivity contribution in [2.45, 2.75) is 32.4 Å². The molecule has 2 atom stereocenters. The SMILES string of the molecule is CCCNC(c1ccn(C)n1)C1CN(CC)CCO1. The average molecular weight is 266 g/mol. The highest BCUT2D eigenvalue weighted by Crippen LogP contribution is 2.21. The number of rotatable bonds is 6. The molecule has 0 bridgehead atoms. The van der Waals surface area contributed by atoms with Gasteiger partial charge >= 0.3 is 0 Å². The lowest BCUT2D eigenvalue weighted by Gasteiger charge is -2.36. The van der Waals surface area contributed by atoms with Gasteiger partial charge in [0.15, 0.2) is 0 Å². The molecular formula is C14H26N4O. The zero-order valence-electron chi connectivity index (χ0n) is 12.3. The number of nitrogens with one attached hydrogen (secondary N) is 1. The lowest BCUT2D eigenvalue weighted by Crippen LogP contribution is -2.48. The number of nitrogens with zero attached hydrogens (tertiary/aromatic N) is 3. The van der Waals surface area contributed by atoms with E-state index in [-0.39, 0.29) is 12.1 Å². The van der Waals surface area contributed by atoms with Gasteiger partial charge in [0.2, 0.25) is 0 Å². The molecular weight excluding hydrogens is 240 g/mol. The molecule has 1 aromatic rings. The van der Waals surface area contributed by atoms with Gasteiger partial charge in [0, 0.05) is 26.3 Å². The Bertz CT molecular complexity index is 379. The fourth-order valence-corrected chi connectivity index (χ4v) is 2.55. The smallest absolute Gasteiger partial charge is 0.0913 e. The molecule has 1 saturated heterocycles. The molecule has 0 radical (unpaired) electrons. The van der Waals surface area contributed by atoms with Gasteiger partial charge in [0.25, 0.3) is 0 Å². The maximum atomic E-state index is 5.98. The van der Waals surface area contributed by atoms with E-state index < -0.39 is 0 Å². The van der Waals surface area contributed by atoms with Crippen molar-refractivity contribution in [2.24, 2.45) is 7.05 Å². The van der Waals surface area contributed by atoms with Crippen molar-refractivity contribution in [3.8, 4) is 0 Å². The van der Waals surface area contributed by atoms with Crippen molar-refractivity contribution in [2.75, 3.05) is 32.8 Å². The molecule has 2 heterocycles. The van der Waals surface area contributed by atoms with Crippen LogP contribution >= 0.6 is 0 Å². The zero-order valence-corrected chi connectivity index (χ0v) is 12.3. The largest absolute Gasteiger partial charge is 0.374 e. The molecule has 0 saturated carbocycles. The molecule has 5 heteroatoms. The van der Waals surface area contributed by atoms with E-state index in [1.54, 1.807) is 0 Å². The Morgan fingerprint density at radius 2 is 2.37 bits per heavy atom. The van der Waals surface area contributed by atoms with E-state index in [9.17, 15) is 0 Å². The van der Waals surface area contributed by atoms with Crippen molar-refractivity contribution in [1.82, 2.24) is 20.0 Å². The summed E-state index contributed by atoms with van der Waals surface area (Å²) in [5, 5.41) is 8.13. The summed E-state index contributed by atoms with van der Waals surface area (Å²) in [4.78, 5) is 2.44. The molecule has 5 nitrogen and oxygen atoms in total. The maximum absolute atomic E-state index is 5.98. The topological polar surface area (TPSA) is 42.3 Å². The summed E-state index contributed by atoms with van der Waals surface area (Å²) < 4.78 is 7.84. The zero-order chi connectivity index (χ0) is 13.7. The molecule has 19 heavy (non-hydrogen) atoms. The van der Waals surface area contributed by atoms with Gasteiger partial charge in [-0.3, -0.25) is 9.58 Å². The first-order valence-electron chi connectivity index (χ1n) is 7.31. The standard InChI is InChI=1S/C14H26N4O/c1-4-7-15-14(12-6-8-17(3)16-12)13-11-18(5-2)9-10-19-13/h6,8,13-15H,4-5,7,9-11H2,1-3H3. The van der Waals surface area contributed by atoms with Crippen molar-refractivity contribution >= 4 is 0 Å². The van der Waals surface area contributed by atoms with Crippen LogP contribution in [0, 0.1) is 0 Å². The third kappa shape index (κ3) is 3.78. The van der Waals surface area contributed by atoms with Crippen molar-refractivity contribution in [3.05, 3.63) is 18.0 Å². The molecule has 0 spiro atoms. The Morgan fingerprint density at radius 3 is 3.00 bits per heavy atom. The van der Waals surface area contributed by atoms with Crippen molar-refractivity contribution < 1.29 is 4.74 Å². The van der Waals surface area contributed by atoms with Gasteiger partial charge in [-0.25, -0.2) is 0 Å². The summed E-state index contributed by atoms with van der Waals surface area (Å²) in [5.74, 6) is 0. The third-order valence-corrected chi connectivity index (χ3v) is 3.66. The second kappa shape index (κ2) is 7.03. The van der Waals surface area contributed by atoms with Gasteiger partial charge in [-0.2, -0.15) is 5.10 Å². The van der Waals surface area contributed by atoms with Crippen LogP contribution in [0.1, 0.15) is 32.0 Å². The minimum absolute atomic E-state index is 0.190. The van der Waals surface area contributed by atoms with E-state index >= 15 is 0 Å². The number of morpholine rings is 1. The van der Waals surface area contributed by atoms with Gasteiger partial charge < -0.3 is 10.1 Å². The Kier molecular flexibility index (Phi) is 5.36. The summed E-state index contributed by atoms with van der Waals surface area (Å²) in [6.07, 6.45) is 3.30. The number of hydrogen-bond acceptors (Lipinski definition) is 4. The van der Waals surface area contributed by atoms with E-state index in [1.807, 2.05) is 17.9 Å². The first-order valence-corrected chi connectivity index (χ1v) is 7.31. The van der Waals surface area contributed by atoms with Crippen LogP contribution in [-0.4, -0.2) is 53.6 Å². The molecule has 0 amide bonds. The highest BCUT2D eigenvalue weighted by Gasteiger charge is 2.29. The minimum Gasteiger partial charge on any atom is -0.374 e. The molecule has 0 aromatic carbocycles. The van der Waals surface area contributed by atoms with Gasteiger partial charge in [-0.1, -0.05) is 13.8 Å². The summed E-state index contributed by atoms with van der Waals surface area (Å²) in [5.41, 5.74) is 1.08. The fourth-order valence-electron chi connectivity index (χ4n) is 2.55. The van der Waals surface area contributed by atoms with Gasteiger partial charge in [-0.15, -0.1) is 0 Å². The van der Waals surface area contributed by atoms with Crippen molar-refractivity contribution in [3.63, 3.8) is 0 Å². The van der Waals surface area contributed by atoms with Crippen LogP contribution < -0.4 is 5.32 Å². The Morgan fingerprint density at radius 1 is 1.53 bits per heavy atom.